The zero-order valence-corrected chi connectivity index (χ0v) is 38.4. The molecule has 332 valence electrons. The first-order valence-electron chi connectivity index (χ1n) is 24.6. The van der Waals surface area contributed by atoms with Crippen molar-refractivity contribution in [2.45, 2.75) is 272 Å². The Balaban J connectivity index is 4.28. The topological polar surface area (TPSA) is 78.9 Å². The fraction of sp³-hybridized carbons (Fsp3) is 0.940. The summed E-state index contributed by atoms with van der Waals surface area (Å²) in [7, 11) is 0. The lowest BCUT2D eigenvalue weighted by Crippen LogP contribution is -2.30. The van der Waals surface area contributed by atoms with Gasteiger partial charge in [-0.05, 0) is 37.0 Å². The van der Waals surface area contributed by atoms with Gasteiger partial charge in [0.05, 0.1) is 0 Å². The third kappa shape index (κ3) is 43.5. The van der Waals surface area contributed by atoms with Crippen molar-refractivity contribution in [1.29, 1.82) is 0 Å². The maximum atomic E-state index is 12.8. The molecule has 0 spiro atoms. The van der Waals surface area contributed by atoms with Crippen molar-refractivity contribution < 1.29 is 28.6 Å². The summed E-state index contributed by atoms with van der Waals surface area (Å²) in [6.07, 6.45) is 39.6. The highest BCUT2D eigenvalue weighted by Crippen LogP contribution is 2.17. The monoisotopic (exact) mass is 793 g/mol. The fourth-order valence-corrected chi connectivity index (χ4v) is 7.41. The lowest BCUT2D eigenvalue weighted by molar-refractivity contribution is -0.167. The summed E-state index contributed by atoms with van der Waals surface area (Å²) in [5, 5.41) is 0. The van der Waals surface area contributed by atoms with E-state index in [1.54, 1.807) is 0 Å². The Labute approximate surface area is 348 Å². The van der Waals surface area contributed by atoms with Crippen LogP contribution in [0.4, 0.5) is 0 Å². The maximum Gasteiger partial charge on any atom is 0.306 e. The van der Waals surface area contributed by atoms with Gasteiger partial charge in [-0.15, -0.1) is 0 Å². The molecule has 0 rings (SSSR count). The van der Waals surface area contributed by atoms with Gasteiger partial charge in [-0.3, -0.25) is 14.4 Å². The molecule has 6 nitrogen and oxygen atoms in total. The van der Waals surface area contributed by atoms with E-state index in [0.717, 1.165) is 75.5 Å². The van der Waals surface area contributed by atoms with Crippen LogP contribution in [0.2, 0.25) is 0 Å². The first-order valence-corrected chi connectivity index (χ1v) is 24.6. The summed E-state index contributed by atoms with van der Waals surface area (Å²) in [4.78, 5) is 37.8. The highest BCUT2D eigenvalue weighted by molar-refractivity contribution is 5.71. The van der Waals surface area contributed by atoms with E-state index in [1.807, 2.05) is 0 Å². The van der Waals surface area contributed by atoms with E-state index in [-0.39, 0.29) is 31.1 Å². The van der Waals surface area contributed by atoms with Crippen molar-refractivity contribution >= 4 is 17.9 Å². The number of carbonyl (C=O) groups is 3. The van der Waals surface area contributed by atoms with Gasteiger partial charge in [0, 0.05) is 19.3 Å². The van der Waals surface area contributed by atoms with Crippen LogP contribution < -0.4 is 0 Å². The first-order chi connectivity index (χ1) is 27.1. The second-order valence-corrected chi connectivity index (χ2v) is 18.5. The van der Waals surface area contributed by atoms with Crippen molar-refractivity contribution in [3.05, 3.63) is 0 Å². The van der Waals surface area contributed by atoms with Crippen LogP contribution in [0.15, 0.2) is 0 Å². The molecule has 0 aromatic rings. The smallest absolute Gasteiger partial charge is 0.306 e. The average Bonchev–Trinajstić information content (AvgIpc) is 3.15. The molecule has 0 aliphatic carbocycles. The quantitative estimate of drug-likeness (QED) is 0.0348. The molecule has 0 aromatic heterocycles. The van der Waals surface area contributed by atoms with E-state index in [9.17, 15) is 14.4 Å². The lowest BCUT2D eigenvalue weighted by Gasteiger charge is -2.18. The Bertz CT molecular complexity index is 868. The number of rotatable bonds is 43. The minimum Gasteiger partial charge on any atom is -0.462 e. The van der Waals surface area contributed by atoms with Crippen molar-refractivity contribution in [3.8, 4) is 0 Å². The van der Waals surface area contributed by atoms with E-state index < -0.39 is 6.10 Å². The second kappa shape index (κ2) is 41.6. The third-order valence-electron chi connectivity index (χ3n) is 11.1. The van der Waals surface area contributed by atoms with Gasteiger partial charge >= 0.3 is 17.9 Å². The minimum atomic E-state index is -0.762. The Morgan fingerprint density at radius 1 is 0.304 bits per heavy atom. The molecule has 56 heavy (non-hydrogen) atoms. The van der Waals surface area contributed by atoms with Crippen LogP contribution >= 0.6 is 0 Å². The second-order valence-electron chi connectivity index (χ2n) is 18.5. The van der Waals surface area contributed by atoms with Crippen LogP contribution in [0, 0.1) is 17.8 Å². The molecule has 0 amide bonds. The van der Waals surface area contributed by atoms with Crippen LogP contribution in [0.1, 0.15) is 266 Å². The largest absolute Gasteiger partial charge is 0.462 e. The molecule has 1 atom stereocenters. The predicted octanol–water partition coefficient (Wildman–Crippen LogP) is 15.6. The van der Waals surface area contributed by atoms with Crippen molar-refractivity contribution in [1.82, 2.24) is 0 Å². The number of esters is 3. The number of carbonyl (C=O) groups excluding carboxylic acids is 3. The zero-order chi connectivity index (χ0) is 41.3. The normalized spacial score (nSPS) is 12.2. The summed E-state index contributed by atoms with van der Waals surface area (Å²) < 4.78 is 16.7. The summed E-state index contributed by atoms with van der Waals surface area (Å²) in [6.45, 7) is 13.6. The average molecular weight is 793 g/mol. The summed E-state index contributed by atoms with van der Waals surface area (Å²) >= 11 is 0. The molecular formula is C50H96O6. The van der Waals surface area contributed by atoms with Crippen LogP contribution in [0.25, 0.3) is 0 Å². The summed E-state index contributed by atoms with van der Waals surface area (Å²) in [5.41, 5.74) is 0. The molecule has 0 fully saturated rings. The molecule has 0 unspecified atom stereocenters. The van der Waals surface area contributed by atoms with Crippen molar-refractivity contribution in [2.24, 2.45) is 17.8 Å². The van der Waals surface area contributed by atoms with Gasteiger partial charge < -0.3 is 14.2 Å². The minimum absolute atomic E-state index is 0.0661. The maximum absolute atomic E-state index is 12.8. The standard InChI is InChI=1S/C50H96O6/c1-44(2)36-30-24-18-14-11-9-7-8-10-12-16-21-29-35-41-50(53)56-47(43-55-49(52)40-34-28-23-22-26-32-38-46(5)6)42-54-48(51)39-33-27-20-17-13-15-19-25-31-37-45(3)4/h44-47H,7-43H2,1-6H3/t47-/m1/s1. The fourth-order valence-electron chi connectivity index (χ4n) is 7.41. The van der Waals surface area contributed by atoms with Crippen LogP contribution in [0.3, 0.4) is 0 Å². The molecule has 0 heterocycles. The molecule has 0 saturated heterocycles. The van der Waals surface area contributed by atoms with Crippen LogP contribution in [-0.2, 0) is 28.6 Å². The molecule has 0 aliphatic heterocycles. The Kier molecular flexibility index (Phi) is 40.4. The van der Waals surface area contributed by atoms with Gasteiger partial charge in [-0.2, -0.15) is 0 Å². The molecule has 0 bridgehead atoms. The lowest BCUT2D eigenvalue weighted by atomic mass is 10.0. The Morgan fingerprint density at radius 2 is 0.518 bits per heavy atom. The SMILES string of the molecule is CC(C)CCCCCCCCCCCCCCCCC(=O)O[C@H](COC(=O)CCCCCCCCCCCC(C)C)COC(=O)CCCCCCCCC(C)C. The van der Waals surface area contributed by atoms with Crippen LogP contribution in [0.5, 0.6) is 0 Å². The van der Waals surface area contributed by atoms with Gasteiger partial charge in [0.15, 0.2) is 6.10 Å². The van der Waals surface area contributed by atoms with E-state index in [2.05, 4.69) is 41.5 Å². The van der Waals surface area contributed by atoms with Crippen molar-refractivity contribution in [3.63, 3.8) is 0 Å². The highest BCUT2D eigenvalue weighted by Gasteiger charge is 2.19. The number of ether oxygens (including phenoxy) is 3. The molecule has 0 saturated carbocycles. The summed E-state index contributed by atoms with van der Waals surface area (Å²) in [5.74, 6) is 1.55. The molecule has 0 aromatic carbocycles. The Morgan fingerprint density at radius 3 is 0.768 bits per heavy atom. The van der Waals surface area contributed by atoms with Crippen molar-refractivity contribution in [2.75, 3.05) is 13.2 Å². The number of unbranched alkanes of at least 4 members (excludes halogenated alkanes) is 26. The molecular weight excluding hydrogens is 697 g/mol. The predicted molar refractivity (Wildman–Crippen MR) is 238 cm³/mol. The van der Waals surface area contributed by atoms with Gasteiger partial charge in [0.25, 0.3) is 0 Å². The van der Waals surface area contributed by atoms with Gasteiger partial charge in [0.1, 0.15) is 13.2 Å². The number of hydrogen-bond acceptors (Lipinski definition) is 6. The van der Waals surface area contributed by atoms with Crippen LogP contribution in [-0.4, -0.2) is 37.2 Å². The third-order valence-corrected chi connectivity index (χ3v) is 11.1. The van der Waals surface area contributed by atoms with Gasteiger partial charge in [-0.1, -0.05) is 228 Å². The Hall–Kier alpha value is -1.59. The first kappa shape index (κ1) is 54.4. The van der Waals surface area contributed by atoms with Gasteiger partial charge in [0.2, 0.25) is 0 Å². The highest BCUT2D eigenvalue weighted by atomic mass is 16.6. The van der Waals surface area contributed by atoms with Gasteiger partial charge in [-0.25, -0.2) is 0 Å². The zero-order valence-electron chi connectivity index (χ0n) is 38.4. The molecule has 0 radical (unpaired) electrons. The van der Waals surface area contributed by atoms with E-state index in [1.165, 1.54) is 148 Å². The molecule has 0 N–H and O–H groups in total. The molecule has 0 aliphatic rings. The molecule has 6 heteroatoms. The van der Waals surface area contributed by atoms with E-state index in [0.29, 0.717) is 19.3 Å². The van der Waals surface area contributed by atoms with E-state index >= 15 is 0 Å². The summed E-state index contributed by atoms with van der Waals surface area (Å²) in [6, 6.07) is 0. The number of hydrogen-bond donors (Lipinski definition) is 0. The van der Waals surface area contributed by atoms with E-state index in [4.69, 9.17) is 14.2 Å².